The van der Waals surface area contributed by atoms with E-state index < -0.39 is 0 Å². The number of nitrogens with zero attached hydrogens (tertiary/aromatic N) is 3. The lowest BCUT2D eigenvalue weighted by molar-refractivity contribution is 0.0967. The molecule has 2 bridgehead atoms. The molecule has 6 nitrogen and oxygen atoms in total. The van der Waals surface area contributed by atoms with Gasteiger partial charge in [-0.2, -0.15) is 0 Å². The zero-order valence-corrected chi connectivity index (χ0v) is 14.4. The molecule has 0 radical (unpaired) electrons. The van der Waals surface area contributed by atoms with Crippen LogP contribution in [0.4, 0.5) is 0 Å². The molecule has 4 heterocycles. The van der Waals surface area contributed by atoms with E-state index in [-0.39, 0.29) is 17.4 Å². The number of carbonyl (C=O) groups is 1. The molecule has 0 spiro atoms. The Labute approximate surface area is 150 Å². The Bertz CT molecular complexity index is 880. The Morgan fingerprint density at radius 3 is 2.88 bits per heavy atom. The van der Waals surface area contributed by atoms with Gasteiger partial charge < -0.3 is 9.47 Å². The number of fused-ring (bicyclic) bond motifs is 4. The van der Waals surface area contributed by atoms with Crippen LogP contribution in [0.25, 0.3) is 0 Å². The van der Waals surface area contributed by atoms with Gasteiger partial charge in [0.15, 0.2) is 5.11 Å². The van der Waals surface area contributed by atoms with Crippen LogP contribution in [-0.2, 0) is 6.54 Å². The fourth-order valence-corrected chi connectivity index (χ4v) is 4.05. The Balaban J connectivity index is 1.49. The minimum absolute atomic E-state index is 0.0631. The predicted molar refractivity (Wildman–Crippen MR) is 97.4 cm³/mol. The van der Waals surface area contributed by atoms with Crippen LogP contribution in [0.5, 0.6) is 0 Å². The third-order valence-electron chi connectivity index (χ3n) is 4.91. The lowest BCUT2D eigenvalue weighted by Crippen LogP contribution is -2.52. The number of likely N-dealkylation sites (tertiary alicyclic amines) is 1. The van der Waals surface area contributed by atoms with Crippen LogP contribution in [0.2, 0.25) is 0 Å². The molecule has 1 fully saturated rings. The molecule has 2 aromatic rings. The van der Waals surface area contributed by atoms with Crippen molar-refractivity contribution in [1.82, 2.24) is 19.8 Å². The molecule has 0 aliphatic carbocycles. The van der Waals surface area contributed by atoms with Gasteiger partial charge in [0.25, 0.3) is 11.5 Å². The number of piperidine rings is 1. The van der Waals surface area contributed by atoms with Crippen molar-refractivity contribution in [1.29, 1.82) is 0 Å². The molecule has 128 valence electrons. The van der Waals surface area contributed by atoms with Crippen molar-refractivity contribution < 1.29 is 4.79 Å². The molecule has 2 atom stereocenters. The maximum Gasteiger partial charge on any atom is 0.258 e. The summed E-state index contributed by atoms with van der Waals surface area (Å²) in [4.78, 5) is 30.4. The molecule has 2 aromatic heterocycles. The van der Waals surface area contributed by atoms with Crippen molar-refractivity contribution in [3.63, 3.8) is 0 Å². The second kappa shape index (κ2) is 6.40. The number of hydrogen-bond donors (Lipinski definition) is 1. The highest BCUT2D eigenvalue weighted by Gasteiger charge is 2.35. The van der Waals surface area contributed by atoms with Crippen LogP contribution >= 0.6 is 12.2 Å². The Morgan fingerprint density at radius 2 is 2.08 bits per heavy atom. The monoisotopic (exact) mass is 354 g/mol. The summed E-state index contributed by atoms with van der Waals surface area (Å²) in [6.45, 7) is 2.18. The number of hydrogen-bond acceptors (Lipinski definition) is 4. The van der Waals surface area contributed by atoms with E-state index in [0.29, 0.717) is 29.7 Å². The van der Waals surface area contributed by atoms with Gasteiger partial charge in [0.05, 0.1) is 5.56 Å². The van der Waals surface area contributed by atoms with Gasteiger partial charge in [-0.3, -0.25) is 19.9 Å². The zero-order chi connectivity index (χ0) is 17.4. The van der Waals surface area contributed by atoms with Crippen LogP contribution < -0.4 is 10.9 Å². The molecule has 1 amide bonds. The predicted octanol–water partition coefficient (Wildman–Crippen LogP) is 1.38. The maximum absolute atomic E-state index is 12.3. The van der Waals surface area contributed by atoms with Crippen LogP contribution in [0, 0.1) is 5.92 Å². The first kappa shape index (κ1) is 16.0. The second-order valence-corrected chi connectivity index (χ2v) is 6.99. The van der Waals surface area contributed by atoms with Crippen LogP contribution in [0.3, 0.4) is 0 Å². The SMILES string of the molecule is O=C(NC(=S)N1C[C@@H]2C[C@H](C1)c1cccc(=O)n1C2)c1cccnc1. The summed E-state index contributed by atoms with van der Waals surface area (Å²) >= 11 is 5.46. The lowest BCUT2D eigenvalue weighted by atomic mass is 9.83. The van der Waals surface area contributed by atoms with Crippen LogP contribution in [-0.4, -0.2) is 38.6 Å². The third kappa shape index (κ3) is 3.07. The number of pyridine rings is 2. The average molecular weight is 354 g/mol. The number of aromatic nitrogens is 2. The molecule has 25 heavy (non-hydrogen) atoms. The summed E-state index contributed by atoms with van der Waals surface area (Å²) in [5.74, 6) is 0.375. The van der Waals surface area contributed by atoms with E-state index in [0.717, 1.165) is 18.7 Å². The Kier molecular flexibility index (Phi) is 4.09. The molecule has 4 rings (SSSR count). The zero-order valence-electron chi connectivity index (χ0n) is 13.6. The van der Waals surface area contributed by atoms with Gasteiger partial charge in [-0.25, -0.2) is 0 Å². The number of carbonyl (C=O) groups excluding carboxylic acids is 1. The normalized spacial score (nSPS) is 21.4. The van der Waals surface area contributed by atoms with Gasteiger partial charge in [0.1, 0.15) is 0 Å². The minimum atomic E-state index is -0.245. The Hall–Kier alpha value is -2.54. The Morgan fingerprint density at radius 1 is 1.20 bits per heavy atom. The standard InChI is InChI=1S/C18H18N4O2S/c23-16-5-1-4-15-14-7-12(10-22(15)16)9-21(11-14)18(25)20-17(24)13-3-2-6-19-8-13/h1-6,8,12,14H,7,9-11H2,(H,20,24,25)/t12-,14+/m0/s1. The second-order valence-electron chi connectivity index (χ2n) is 6.60. The smallest absolute Gasteiger partial charge is 0.258 e. The number of amides is 1. The highest BCUT2D eigenvalue weighted by atomic mass is 32.1. The highest BCUT2D eigenvalue weighted by Crippen LogP contribution is 2.34. The summed E-state index contributed by atoms with van der Waals surface area (Å²) in [5.41, 5.74) is 1.61. The first-order valence-corrected chi connectivity index (χ1v) is 8.72. The largest absolute Gasteiger partial charge is 0.348 e. The highest BCUT2D eigenvalue weighted by molar-refractivity contribution is 7.80. The third-order valence-corrected chi connectivity index (χ3v) is 5.27. The quantitative estimate of drug-likeness (QED) is 0.784. The van der Waals surface area contributed by atoms with E-state index in [2.05, 4.69) is 10.3 Å². The fourth-order valence-electron chi connectivity index (χ4n) is 3.81. The van der Waals surface area contributed by atoms with Gasteiger partial charge in [-0.1, -0.05) is 6.07 Å². The average Bonchev–Trinajstić information content (AvgIpc) is 2.63. The summed E-state index contributed by atoms with van der Waals surface area (Å²) < 4.78 is 1.88. The number of nitrogens with one attached hydrogen (secondary N) is 1. The van der Waals surface area contributed by atoms with E-state index >= 15 is 0 Å². The molecule has 7 heteroatoms. The van der Waals surface area contributed by atoms with Crippen LogP contribution in [0.15, 0.2) is 47.5 Å². The molecular weight excluding hydrogens is 336 g/mol. The molecule has 1 saturated heterocycles. The lowest BCUT2D eigenvalue weighted by Gasteiger charge is -2.43. The van der Waals surface area contributed by atoms with Gasteiger partial charge in [-0.05, 0) is 42.8 Å². The van der Waals surface area contributed by atoms with E-state index in [1.807, 2.05) is 21.6 Å². The first-order valence-electron chi connectivity index (χ1n) is 8.32. The molecule has 0 saturated carbocycles. The van der Waals surface area contributed by atoms with E-state index in [4.69, 9.17) is 12.2 Å². The summed E-state index contributed by atoms with van der Waals surface area (Å²) in [7, 11) is 0. The maximum atomic E-state index is 12.3. The van der Waals surface area contributed by atoms with Gasteiger partial charge in [0, 0.05) is 49.7 Å². The topological polar surface area (TPSA) is 67.2 Å². The van der Waals surface area contributed by atoms with Crippen molar-refractivity contribution in [2.24, 2.45) is 5.92 Å². The van der Waals surface area contributed by atoms with E-state index in [1.165, 1.54) is 6.20 Å². The molecule has 2 aliphatic rings. The molecule has 0 unspecified atom stereocenters. The molecule has 1 N–H and O–H groups in total. The molecule has 2 aliphatic heterocycles. The number of rotatable bonds is 1. The van der Waals surface area contributed by atoms with Crippen molar-refractivity contribution in [2.45, 2.75) is 18.9 Å². The number of thiocarbonyl (C=S) groups is 1. The first-order chi connectivity index (χ1) is 12.1. The molecular formula is C18H18N4O2S. The van der Waals surface area contributed by atoms with Gasteiger partial charge in [0.2, 0.25) is 0 Å². The van der Waals surface area contributed by atoms with Gasteiger partial charge in [-0.15, -0.1) is 0 Å². The van der Waals surface area contributed by atoms with E-state index in [1.54, 1.807) is 24.4 Å². The van der Waals surface area contributed by atoms with Crippen molar-refractivity contribution in [3.8, 4) is 0 Å². The fraction of sp³-hybridized carbons (Fsp3) is 0.333. The minimum Gasteiger partial charge on any atom is -0.348 e. The van der Waals surface area contributed by atoms with Crippen LogP contribution in [0.1, 0.15) is 28.4 Å². The summed E-state index contributed by atoms with van der Waals surface area (Å²) in [6.07, 6.45) is 4.20. The van der Waals surface area contributed by atoms with E-state index in [9.17, 15) is 9.59 Å². The van der Waals surface area contributed by atoms with Crippen molar-refractivity contribution in [3.05, 3.63) is 64.3 Å². The van der Waals surface area contributed by atoms with Crippen molar-refractivity contribution in [2.75, 3.05) is 13.1 Å². The molecule has 0 aromatic carbocycles. The summed E-state index contributed by atoms with van der Waals surface area (Å²) in [6, 6.07) is 8.87. The van der Waals surface area contributed by atoms with Crippen molar-refractivity contribution >= 4 is 23.2 Å². The summed E-state index contributed by atoms with van der Waals surface area (Å²) in [5, 5.41) is 3.24. The van der Waals surface area contributed by atoms with Gasteiger partial charge >= 0.3 is 0 Å².